The number of ketones is 1. The van der Waals surface area contributed by atoms with Crippen molar-refractivity contribution in [2.75, 3.05) is 7.11 Å². The first-order valence-electron chi connectivity index (χ1n) is 8.29. The minimum absolute atomic E-state index is 0.0875. The quantitative estimate of drug-likeness (QED) is 0.380. The van der Waals surface area contributed by atoms with Crippen LogP contribution in [-0.2, 0) is 0 Å². The molecule has 2 heteroatoms. The summed E-state index contributed by atoms with van der Waals surface area (Å²) in [4.78, 5) is 12.9. The molecule has 0 aliphatic heterocycles. The molecule has 0 bridgehead atoms. The van der Waals surface area contributed by atoms with Crippen LogP contribution in [0.4, 0.5) is 0 Å². The lowest BCUT2D eigenvalue weighted by molar-refractivity contribution is 0.104. The summed E-state index contributed by atoms with van der Waals surface area (Å²) in [5, 5.41) is 0. The van der Waals surface area contributed by atoms with Crippen molar-refractivity contribution < 1.29 is 9.53 Å². The monoisotopic (exact) mass is 338 g/mol. The second kappa shape index (κ2) is 8.50. The van der Waals surface area contributed by atoms with Crippen molar-refractivity contribution in [2.24, 2.45) is 0 Å². The maximum atomic E-state index is 12.9. The van der Waals surface area contributed by atoms with Gasteiger partial charge in [0.15, 0.2) is 0 Å². The molecule has 0 unspecified atom stereocenters. The summed E-state index contributed by atoms with van der Waals surface area (Å²) in [6.07, 6.45) is 1.83. The summed E-state index contributed by atoms with van der Waals surface area (Å²) in [6, 6.07) is 26.4. The number of benzene rings is 3. The molecule has 3 aromatic carbocycles. The van der Waals surface area contributed by atoms with Crippen LogP contribution in [-0.4, -0.2) is 12.9 Å². The zero-order valence-electron chi connectivity index (χ0n) is 14.5. The zero-order valence-corrected chi connectivity index (χ0v) is 14.5. The molecule has 3 rings (SSSR count). The number of Topliss-reactive ketones (excluding diaryl/α,β-unsaturated/α-hetero) is 1. The molecule has 0 aliphatic carbocycles. The molecule has 3 aromatic rings. The van der Waals surface area contributed by atoms with Gasteiger partial charge in [0.2, 0.25) is 5.78 Å². The van der Waals surface area contributed by atoms with Crippen LogP contribution in [0.3, 0.4) is 0 Å². The van der Waals surface area contributed by atoms with E-state index < -0.39 is 0 Å². The van der Waals surface area contributed by atoms with E-state index in [1.807, 2.05) is 78.9 Å². The lowest BCUT2D eigenvalue weighted by Crippen LogP contribution is -2.01. The van der Waals surface area contributed by atoms with Crippen molar-refractivity contribution in [2.45, 2.75) is 0 Å². The average Bonchev–Trinajstić information content (AvgIpc) is 2.72. The van der Waals surface area contributed by atoms with Gasteiger partial charge in [-0.2, -0.15) is 0 Å². The summed E-state index contributed by atoms with van der Waals surface area (Å²) in [7, 11) is 1.62. The molecule has 126 valence electrons. The minimum atomic E-state index is -0.0875. The Morgan fingerprint density at radius 3 is 2.08 bits per heavy atom. The van der Waals surface area contributed by atoms with Crippen molar-refractivity contribution in [3.05, 3.63) is 107 Å². The number of methoxy groups -OCH3 is 1. The van der Waals surface area contributed by atoms with Crippen LogP contribution in [0.1, 0.15) is 21.5 Å². The number of carbonyl (C=O) groups is 1. The average molecular weight is 338 g/mol. The molecule has 0 spiro atoms. The van der Waals surface area contributed by atoms with Gasteiger partial charge in [0.1, 0.15) is 5.75 Å². The van der Waals surface area contributed by atoms with Gasteiger partial charge in [-0.3, -0.25) is 4.79 Å². The molecule has 26 heavy (non-hydrogen) atoms. The van der Waals surface area contributed by atoms with Gasteiger partial charge in [-0.15, -0.1) is 0 Å². The Kier molecular flexibility index (Phi) is 5.65. The summed E-state index contributed by atoms with van der Waals surface area (Å²) in [6.45, 7) is 0. The van der Waals surface area contributed by atoms with Gasteiger partial charge in [0.05, 0.1) is 12.7 Å². The van der Waals surface area contributed by atoms with Gasteiger partial charge >= 0.3 is 0 Å². The molecular weight excluding hydrogens is 320 g/mol. The maximum Gasteiger partial charge on any atom is 0.201 e. The second-order valence-electron chi connectivity index (χ2n) is 5.64. The number of ether oxygens (including phenoxy) is 1. The standard InChI is InChI=1S/C24H18O2/c1-26-23-16-13-19(14-17-23)12-15-22(18-20-8-4-2-5-9-20)24(25)21-10-6-3-7-11-21/h2-11,13-14,16-18H,1H3/b22-18+. The number of hydrogen-bond acceptors (Lipinski definition) is 2. The molecule has 0 amide bonds. The van der Waals surface area contributed by atoms with Crippen molar-refractivity contribution in [1.29, 1.82) is 0 Å². The molecule has 0 aliphatic rings. The summed E-state index contributed by atoms with van der Waals surface area (Å²) in [5.74, 6) is 6.80. The SMILES string of the molecule is COc1ccc(C#C/C(=C\c2ccccc2)C(=O)c2ccccc2)cc1. The number of carbonyl (C=O) groups excluding carboxylic acids is 1. The molecule has 0 saturated heterocycles. The lowest BCUT2D eigenvalue weighted by Gasteiger charge is -2.01. The van der Waals surface area contributed by atoms with E-state index in [1.165, 1.54) is 0 Å². The third kappa shape index (κ3) is 4.49. The van der Waals surface area contributed by atoms with Gasteiger partial charge < -0.3 is 4.74 Å². The van der Waals surface area contributed by atoms with E-state index >= 15 is 0 Å². The van der Waals surface area contributed by atoms with Gasteiger partial charge in [0.25, 0.3) is 0 Å². The van der Waals surface area contributed by atoms with E-state index in [0.29, 0.717) is 11.1 Å². The van der Waals surface area contributed by atoms with Gasteiger partial charge in [-0.05, 0) is 35.9 Å². The van der Waals surface area contributed by atoms with E-state index in [1.54, 1.807) is 19.2 Å². The molecule has 0 heterocycles. The van der Waals surface area contributed by atoms with Crippen LogP contribution in [0, 0.1) is 11.8 Å². The Bertz CT molecular complexity index is 957. The Morgan fingerprint density at radius 2 is 1.46 bits per heavy atom. The van der Waals surface area contributed by atoms with Crippen LogP contribution in [0.15, 0.2) is 90.5 Å². The number of hydrogen-bond donors (Lipinski definition) is 0. The topological polar surface area (TPSA) is 26.3 Å². The highest BCUT2D eigenvalue weighted by atomic mass is 16.5. The molecular formula is C24H18O2. The predicted octanol–water partition coefficient (Wildman–Crippen LogP) is 5.01. The first-order chi connectivity index (χ1) is 12.8. The number of rotatable bonds is 4. The first-order valence-corrected chi connectivity index (χ1v) is 8.29. The highest BCUT2D eigenvalue weighted by Gasteiger charge is 2.10. The first kappa shape index (κ1) is 17.3. The van der Waals surface area contributed by atoms with Crippen LogP contribution in [0.5, 0.6) is 5.75 Å². The highest BCUT2D eigenvalue weighted by Crippen LogP contribution is 2.14. The van der Waals surface area contributed by atoms with Crippen molar-refractivity contribution >= 4 is 11.9 Å². The Hall–Kier alpha value is -3.57. The van der Waals surface area contributed by atoms with E-state index in [0.717, 1.165) is 16.9 Å². The van der Waals surface area contributed by atoms with Crippen LogP contribution in [0.25, 0.3) is 6.08 Å². The minimum Gasteiger partial charge on any atom is -0.497 e. The highest BCUT2D eigenvalue weighted by molar-refractivity contribution is 6.14. The fourth-order valence-corrected chi connectivity index (χ4v) is 2.43. The van der Waals surface area contributed by atoms with E-state index in [-0.39, 0.29) is 5.78 Å². The van der Waals surface area contributed by atoms with Crippen LogP contribution < -0.4 is 4.74 Å². The molecule has 0 radical (unpaired) electrons. The Morgan fingerprint density at radius 1 is 0.846 bits per heavy atom. The lowest BCUT2D eigenvalue weighted by atomic mass is 10.0. The summed E-state index contributed by atoms with van der Waals surface area (Å²) < 4.78 is 5.16. The predicted molar refractivity (Wildman–Crippen MR) is 105 cm³/mol. The molecule has 0 atom stereocenters. The molecule has 0 fully saturated rings. The third-order valence-electron chi connectivity index (χ3n) is 3.82. The molecule has 0 saturated carbocycles. The van der Waals surface area contributed by atoms with E-state index in [2.05, 4.69) is 11.8 Å². The van der Waals surface area contributed by atoms with Crippen molar-refractivity contribution in [1.82, 2.24) is 0 Å². The smallest absolute Gasteiger partial charge is 0.201 e. The van der Waals surface area contributed by atoms with Gasteiger partial charge in [-0.25, -0.2) is 0 Å². The largest absolute Gasteiger partial charge is 0.497 e. The van der Waals surface area contributed by atoms with E-state index in [4.69, 9.17) is 4.74 Å². The molecule has 2 nitrogen and oxygen atoms in total. The normalized spacial score (nSPS) is 10.6. The van der Waals surface area contributed by atoms with Crippen molar-refractivity contribution in [3.8, 4) is 17.6 Å². The van der Waals surface area contributed by atoms with E-state index in [9.17, 15) is 4.79 Å². The van der Waals surface area contributed by atoms with Crippen LogP contribution >= 0.6 is 0 Å². The second-order valence-corrected chi connectivity index (χ2v) is 5.64. The third-order valence-corrected chi connectivity index (χ3v) is 3.82. The van der Waals surface area contributed by atoms with Gasteiger partial charge in [-0.1, -0.05) is 72.5 Å². The van der Waals surface area contributed by atoms with Crippen molar-refractivity contribution in [3.63, 3.8) is 0 Å². The zero-order chi connectivity index (χ0) is 18.2. The fraction of sp³-hybridized carbons (Fsp3) is 0.0417. The summed E-state index contributed by atoms with van der Waals surface area (Å²) >= 11 is 0. The molecule has 0 aromatic heterocycles. The van der Waals surface area contributed by atoms with Crippen LogP contribution in [0.2, 0.25) is 0 Å². The molecule has 0 N–H and O–H groups in total. The Balaban J connectivity index is 1.97. The maximum absolute atomic E-state index is 12.9. The Labute approximate surface area is 153 Å². The van der Waals surface area contributed by atoms with Gasteiger partial charge in [0, 0.05) is 11.1 Å². The summed E-state index contributed by atoms with van der Waals surface area (Å²) in [5.41, 5.74) is 2.85. The fourth-order valence-electron chi connectivity index (χ4n) is 2.43. The number of allylic oxidation sites excluding steroid dienone is 1.